The Bertz CT molecular complexity index is 880. The van der Waals surface area contributed by atoms with Gasteiger partial charge in [0, 0.05) is 30.5 Å². The van der Waals surface area contributed by atoms with E-state index in [1.165, 1.54) is 5.56 Å². The van der Waals surface area contributed by atoms with Crippen LogP contribution in [0.4, 0.5) is 11.5 Å². The second kappa shape index (κ2) is 8.85. The second-order valence-corrected chi connectivity index (χ2v) is 6.09. The van der Waals surface area contributed by atoms with Crippen LogP contribution in [-0.4, -0.2) is 24.5 Å². The molecule has 0 aliphatic carbocycles. The quantitative estimate of drug-likeness (QED) is 0.679. The molecule has 0 saturated carbocycles. The van der Waals surface area contributed by atoms with Gasteiger partial charge in [0.1, 0.15) is 11.6 Å². The maximum atomic E-state index is 12.6. The Morgan fingerprint density at radius 1 is 1.07 bits per heavy atom. The third-order valence-corrected chi connectivity index (χ3v) is 4.28. The molecule has 0 aliphatic rings. The minimum absolute atomic E-state index is 0.167. The Labute approximate surface area is 159 Å². The first kappa shape index (κ1) is 18.5. The number of nitrogens with zero attached hydrogens (tertiary/aromatic N) is 2. The number of nitrogens with one attached hydrogen (secondary N) is 1. The average molecular weight is 361 g/mol. The maximum absolute atomic E-state index is 12.6. The van der Waals surface area contributed by atoms with Gasteiger partial charge in [-0.1, -0.05) is 30.3 Å². The highest BCUT2D eigenvalue weighted by molar-refractivity contribution is 6.04. The minimum atomic E-state index is -0.167. The smallest absolute Gasteiger partial charge is 0.255 e. The Morgan fingerprint density at radius 2 is 1.81 bits per heavy atom. The van der Waals surface area contributed by atoms with Crippen LogP contribution in [0.2, 0.25) is 0 Å². The van der Waals surface area contributed by atoms with Crippen LogP contribution < -0.4 is 15.0 Å². The summed E-state index contributed by atoms with van der Waals surface area (Å²) in [5.41, 5.74) is 2.49. The molecule has 0 fully saturated rings. The summed E-state index contributed by atoms with van der Waals surface area (Å²) in [5, 5.41) is 2.90. The Balaban J connectivity index is 1.73. The lowest BCUT2D eigenvalue weighted by molar-refractivity contribution is 0.102. The second-order valence-electron chi connectivity index (χ2n) is 6.09. The summed E-state index contributed by atoms with van der Waals surface area (Å²) in [4.78, 5) is 19.2. The van der Waals surface area contributed by atoms with Gasteiger partial charge in [-0.05, 0) is 48.9 Å². The van der Waals surface area contributed by atoms with Gasteiger partial charge < -0.3 is 15.0 Å². The van der Waals surface area contributed by atoms with Crippen molar-refractivity contribution in [1.29, 1.82) is 0 Å². The predicted molar refractivity (Wildman–Crippen MR) is 108 cm³/mol. The van der Waals surface area contributed by atoms with Crippen LogP contribution in [-0.2, 0) is 6.54 Å². The normalized spacial score (nSPS) is 10.3. The van der Waals surface area contributed by atoms with Crippen molar-refractivity contribution in [2.24, 2.45) is 0 Å². The number of carbonyl (C=O) groups is 1. The fourth-order valence-electron chi connectivity index (χ4n) is 2.77. The van der Waals surface area contributed by atoms with Crippen LogP contribution in [0.3, 0.4) is 0 Å². The van der Waals surface area contributed by atoms with Gasteiger partial charge in [0.25, 0.3) is 5.91 Å². The lowest BCUT2D eigenvalue weighted by atomic mass is 10.2. The molecule has 0 radical (unpaired) electrons. The molecule has 0 aliphatic heterocycles. The summed E-state index contributed by atoms with van der Waals surface area (Å²) >= 11 is 0. The molecule has 5 heteroatoms. The van der Waals surface area contributed by atoms with Crippen LogP contribution in [0.5, 0.6) is 5.75 Å². The van der Waals surface area contributed by atoms with Gasteiger partial charge in [-0.15, -0.1) is 0 Å². The average Bonchev–Trinajstić information content (AvgIpc) is 2.73. The molecule has 1 heterocycles. The zero-order valence-electron chi connectivity index (χ0n) is 15.6. The monoisotopic (exact) mass is 361 g/mol. The van der Waals surface area contributed by atoms with Crippen molar-refractivity contribution in [3.63, 3.8) is 0 Å². The first-order valence-corrected chi connectivity index (χ1v) is 8.90. The number of ether oxygens (including phenoxy) is 1. The van der Waals surface area contributed by atoms with Crippen molar-refractivity contribution < 1.29 is 9.53 Å². The molecule has 138 valence electrons. The molecule has 5 nitrogen and oxygen atoms in total. The molecule has 3 aromatic rings. The molecule has 1 aromatic heterocycles. The molecule has 2 aromatic carbocycles. The first-order chi connectivity index (χ1) is 13.2. The van der Waals surface area contributed by atoms with Crippen molar-refractivity contribution in [2.45, 2.75) is 13.5 Å². The lowest BCUT2D eigenvalue weighted by Crippen LogP contribution is -2.23. The molecule has 0 atom stereocenters. The number of hydrogen-bond donors (Lipinski definition) is 1. The van der Waals surface area contributed by atoms with E-state index >= 15 is 0 Å². The summed E-state index contributed by atoms with van der Waals surface area (Å²) in [5.74, 6) is 1.36. The lowest BCUT2D eigenvalue weighted by Gasteiger charge is -2.22. The highest BCUT2D eigenvalue weighted by atomic mass is 16.5. The number of hydrogen-bond acceptors (Lipinski definition) is 4. The van der Waals surface area contributed by atoms with E-state index in [-0.39, 0.29) is 5.91 Å². The standard InChI is InChI=1S/C22H23N3O2/c1-3-25(16-17-7-5-4-6-8-17)21-15-18(13-14-23-21)22(26)24-19-9-11-20(27-2)12-10-19/h4-15H,3,16H2,1-2H3,(H,24,26). The number of aromatic nitrogens is 1. The number of pyridine rings is 1. The van der Waals surface area contributed by atoms with E-state index in [4.69, 9.17) is 4.74 Å². The van der Waals surface area contributed by atoms with Gasteiger partial charge in [0.15, 0.2) is 0 Å². The number of methoxy groups -OCH3 is 1. The van der Waals surface area contributed by atoms with Gasteiger partial charge in [-0.25, -0.2) is 4.98 Å². The Hall–Kier alpha value is -3.34. The third-order valence-electron chi connectivity index (χ3n) is 4.28. The highest BCUT2D eigenvalue weighted by Crippen LogP contribution is 2.19. The van der Waals surface area contributed by atoms with Crippen molar-refractivity contribution in [2.75, 3.05) is 23.9 Å². The maximum Gasteiger partial charge on any atom is 0.255 e. The molecule has 0 saturated heterocycles. The zero-order chi connectivity index (χ0) is 19.1. The molecular weight excluding hydrogens is 338 g/mol. The van der Waals surface area contributed by atoms with Gasteiger partial charge in [-0.3, -0.25) is 4.79 Å². The number of carbonyl (C=O) groups excluding carboxylic acids is 1. The van der Waals surface area contributed by atoms with Crippen LogP contribution in [0.1, 0.15) is 22.8 Å². The fourth-order valence-corrected chi connectivity index (χ4v) is 2.77. The van der Waals surface area contributed by atoms with Gasteiger partial charge in [0.2, 0.25) is 0 Å². The van der Waals surface area contributed by atoms with Crippen molar-refractivity contribution in [3.05, 3.63) is 84.1 Å². The molecule has 0 bridgehead atoms. The van der Waals surface area contributed by atoms with Crippen molar-refractivity contribution >= 4 is 17.4 Å². The van der Waals surface area contributed by atoms with Crippen LogP contribution in [0.25, 0.3) is 0 Å². The summed E-state index contributed by atoms with van der Waals surface area (Å²) < 4.78 is 5.14. The van der Waals surface area contributed by atoms with Gasteiger partial charge >= 0.3 is 0 Å². The summed E-state index contributed by atoms with van der Waals surface area (Å²) in [6.07, 6.45) is 1.67. The fraction of sp³-hybridized carbons (Fsp3) is 0.182. The summed E-state index contributed by atoms with van der Waals surface area (Å²) in [7, 11) is 1.61. The summed E-state index contributed by atoms with van der Waals surface area (Å²) in [6, 6.07) is 21.0. The van der Waals surface area contributed by atoms with E-state index in [0.29, 0.717) is 5.56 Å². The molecule has 0 spiro atoms. The van der Waals surface area contributed by atoms with Crippen LogP contribution in [0, 0.1) is 0 Å². The largest absolute Gasteiger partial charge is 0.497 e. The molecule has 1 amide bonds. The predicted octanol–water partition coefficient (Wildman–Crippen LogP) is 4.37. The number of anilines is 2. The van der Waals surface area contributed by atoms with Crippen LogP contribution in [0.15, 0.2) is 72.9 Å². The van der Waals surface area contributed by atoms with E-state index < -0.39 is 0 Å². The number of benzene rings is 2. The van der Waals surface area contributed by atoms with E-state index in [0.717, 1.165) is 30.3 Å². The summed E-state index contributed by atoms with van der Waals surface area (Å²) in [6.45, 7) is 3.62. The zero-order valence-corrected chi connectivity index (χ0v) is 15.6. The van der Waals surface area contributed by atoms with E-state index in [1.54, 1.807) is 19.4 Å². The number of rotatable bonds is 7. The first-order valence-electron chi connectivity index (χ1n) is 8.90. The van der Waals surface area contributed by atoms with Gasteiger partial charge in [0.05, 0.1) is 7.11 Å². The van der Waals surface area contributed by atoms with E-state index in [2.05, 4.69) is 34.3 Å². The third kappa shape index (κ3) is 4.85. The molecule has 27 heavy (non-hydrogen) atoms. The molecule has 3 rings (SSSR count). The topological polar surface area (TPSA) is 54.5 Å². The molecule has 0 unspecified atom stereocenters. The van der Waals surface area contributed by atoms with Gasteiger partial charge in [-0.2, -0.15) is 0 Å². The van der Waals surface area contributed by atoms with Crippen molar-refractivity contribution in [1.82, 2.24) is 4.98 Å². The molecule has 1 N–H and O–H groups in total. The Kier molecular flexibility index (Phi) is 6.05. The molecular formula is C22H23N3O2. The highest BCUT2D eigenvalue weighted by Gasteiger charge is 2.12. The van der Waals surface area contributed by atoms with E-state index in [9.17, 15) is 4.79 Å². The van der Waals surface area contributed by atoms with Crippen molar-refractivity contribution in [3.8, 4) is 5.75 Å². The SMILES string of the molecule is CCN(Cc1ccccc1)c1cc(C(=O)Nc2ccc(OC)cc2)ccn1. The number of amides is 1. The minimum Gasteiger partial charge on any atom is -0.497 e. The van der Waals surface area contributed by atoms with Crippen LogP contribution >= 0.6 is 0 Å². The Morgan fingerprint density at radius 3 is 2.48 bits per heavy atom. The van der Waals surface area contributed by atoms with E-state index in [1.807, 2.05) is 48.5 Å².